The van der Waals surface area contributed by atoms with Gasteiger partial charge in [0, 0.05) is 37.9 Å². The number of anilines is 1. The van der Waals surface area contributed by atoms with Gasteiger partial charge in [0.25, 0.3) is 0 Å². The molecule has 28 heavy (non-hydrogen) atoms. The highest BCUT2D eigenvalue weighted by Gasteiger charge is 2.46. The lowest BCUT2D eigenvalue weighted by Gasteiger charge is -2.32. The van der Waals surface area contributed by atoms with Crippen molar-refractivity contribution in [2.45, 2.75) is 43.9 Å². The molecule has 2 heterocycles. The zero-order valence-corrected chi connectivity index (χ0v) is 16.3. The maximum Gasteiger partial charge on any atom is 0.226 e. The molecule has 3 fully saturated rings. The van der Waals surface area contributed by atoms with Crippen molar-refractivity contribution < 1.29 is 4.79 Å². The van der Waals surface area contributed by atoms with Crippen LogP contribution in [-0.4, -0.2) is 40.4 Å². The highest BCUT2D eigenvalue weighted by atomic mass is 16.2. The van der Waals surface area contributed by atoms with Crippen molar-refractivity contribution >= 4 is 11.9 Å². The standard InChI is InChI=1S/C23H28N4O/c28-22(21-12-20(21)18-4-2-1-3-5-18)27-10-8-16(9-11-27)13-24-23-25-14-19(15-26-23)17-6-7-17/h1-5,14-17,20-21H,6-13H2,(H,24,25,26)/t20-,21+/m0/s1. The lowest BCUT2D eigenvalue weighted by atomic mass is 9.96. The smallest absolute Gasteiger partial charge is 0.226 e. The first-order chi connectivity index (χ1) is 13.8. The molecule has 1 N–H and O–H groups in total. The Morgan fingerprint density at radius 1 is 1.00 bits per heavy atom. The Bertz CT molecular complexity index is 810. The minimum atomic E-state index is 0.204. The summed E-state index contributed by atoms with van der Waals surface area (Å²) in [6.45, 7) is 2.65. The third-order valence-electron chi connectivity index (χ3n) is 6.53. The van der Waals surface area contributed by atoms with Crippen LogP contribution in [0.2, 0.25) is 0 Å². The lowest BCUT2D eigenvalue weighted by molar-refractivity contribution is -0.134. The topological polar surface area (TPSA) is 58.1 Å². The Morgan fingerprint density at radius 2 is 1.71 bits per heavy atom. The fraction of sp³-hybridized carbons (Fsp3) is 0.522. The van der Waals surface area contributed by atoms with Crippen molar-refractivity contribution in [2.75, 3.05) is 25.0 Å². The van der Waals surface area contributed by atoms with Crippen LogP contribution in [0.4, 0.5) is 5.95 Å². The van der Waals surface area contributed by atoms with Crippen molar-refractivity contribution in [3.05, 3.63) is 53.9 Å². The SMILES string of the molecule is O=C([C@@H]1C[C@H]1c1ccccc1)N1CCC(CNc2ncc(C3CC3)cn2)CC1. The van der Waals surface area contributed by atoms with Gasteiger partial charge in [-0.2, -0.15) is 0 Å². The number of rotatable bonds is 6. The van der Waals surface area contributed by atoms with Gasteiger partial charge < -0.3 is 10.2 Å². The number of carbonyl (C=O) groups excluding carboxylic acids is 1. The molecule has 3 aliphatic rings. The van der Waals surface area contributed by atoms with Gasteiger partial charge in [-0.25, -0.2) is 9.97 Å². The maximum atomic E-state index is 12.8. The summed E-state index contributed by atoms with van der Waals surface area (Å²) in [5.74, 6) is 3.01. The number of likely N-dealkylation sites (tertiary alicyclic amines) is 1. The summed E-state index contributed by atoms with van der Waals surface area (Å²) in [6, 6.07) is 10.5. The number of benzene rings is 1. The number of aromatic nitrogens is 2. The van der Waals surface area contributed by atoms with Gasteiger partial charge in [-0.15, -0.1) is 0 Å². The molecule has 2 aliphatic carbocycles. The van der Waals surface area contributed by atoms with Gasteiger partial charge in [-0.05, 0) is 61.0 Å². The first-order valence-corrected chi connectivity index (χ1v) is 10.7. The van der Waals surface area contributed by atoms with E-state index in [9.17, 15) is 4.79 Å². The number of amides is 1. The van der Waals surface area contributed by atoms with E-state index in [1.807, 2.05) is 18.5 Å². The summed E-state index contributed by atoms with van der Waals surface area (Å²) in [5, 5.41) is 3.38. The molecule has 1 aromatic carbocycles. The third-order valence-corrected chi connectivity index (χ3v) is 6.53. The molecule has 0 radical (unpaired) electrons. The number of nitrogens with one attached hydrogen (secondary N) is 1. The van der Waals surface area contributed by atoms with Crippen LogP contribution in [-0.2, 0) is 4.79 Å². The lowest BCUT2D eigenvalue weighted by Crippen LogP contribution is -2.40. The first kappa shape index (κ1) is 17.7. The Morgan fingerprint density at radius 3 is 2.39 bits per heavy atom. The van der Waals surface area contributed by atoms with Crippen LogP contribution in [0.3, 0.4) is 0 Å². The van der Waals surface area contributed by atoms with Crippen LogP contribution < -0.4 is 5.32 Å². The highest BCUT2D eigenvalue weighted by Crippen LogP contribution is 2.48. The second-order valence-electron chi connectivity index (χ2n) is 8.62. The van der Waals surface area contributed by atoms with E-state index in [2.05, 4.69) is 44.5 Å². The van der Waals surface area contributed by atoms with Gasteiger partial charge in [-0.3, -0.25) is 4.79 Å². The number of hydrogen-bond acceptors (Lipinski definition) is 4. The number of nitrogens with zero attached hydrogens (tertiary/aromatic N) is 3. The molecule has 5 nitrogen and oxygen atoms in total. The predicted octanol–water partition coefficient (Wildman–Crippen LogP) is 3.81. The van der Waals surface area contributed by atoms with Gasteiger partial charge in [0.1, 0.15) is 0 Å². The van der Waals surface area contributed by atoms with E-state index in [4.69, 9.17) is 0 Å². The van der Waals surface area contributed by atoms with E-state index < -0.39 is 0 Å². The van der Waals surface area contributed by atoms with Crippen LogP contribution in [0.1, 0.15) is 55.1 Å². The molecule has 5 rings (SSSR count). The highest BCUT2D eigenvalue weighted by molar-refractivity contribution is 5.83. The molecular weight excluding hydrogens is 348 g/mol. The zero-order chi connectivity index (χ0) is 18.9. The summed E-state index contributed by atoms with van der Waals surface area (Å²) in [7, 11) is 0. The Labute approximate surface area is 166 Å². The first-order valence-electron chi connectivity index (χ1n) is 10.7. The van der Waals surface area contributed by atoms with Crippen LogP contribution in [0.15, 0.2) is 42.7 Å². The van der Waals surface area contributed by atoms with Crippen LogP contribution in [0.25, 0.3) is 0 Å². The fourth-order valence-corrected chi connectivity index (χ4v) is 4.42. The number of piperidine rings is 1. The van der Waals surface area contributed by atoms with Crippen LogP contribution >= 0.6 is 0 Å². The van der Waals surface area contributed by atoms with Crippen molar-refractivity contribution in [1.29, 1.82) is 0 Å². The van der Waals surface area contributed by atoms with E-state index in [0.29, 0.717) is 23.7 Å². The molecule has 1 amide bonds. The molecule has 1 aliphatic heterocycles. The van der Waals surface area contributed by atoms with E-state index in [1.54, 1.807) is 0 Å². The van der Waals surface area contributed by atoms with Gasteiger partial charge in [-0.1, -0.05) is 30.3 Å². The molecule has 5 heteroatoms. The Kier molecular flexibility index (Phi) is 4.75. The maximum absolute atomic E-state index is 12.8. The second kappa shape index (κ2) is 7.53. The zero-order valence-electron chi connectivity index (χ0n) is 16.3. The number of hydrogen-bond donors (Lipinski definition) is 1. The molecule has 2 saturated carbocycles. The summed E-state index contributed by atoms with van der Waals surface area (Å²) < 4.78 is 0. The van der Waals surface area contributed by atoms with Crippen LogP contribution in [0.5, 0.6) is 0 Å². The van der Waals surface area contributed by atoms with E-state index in [0.717, 1.165) is 44.8 Å². The molecule has 146 valence electrons. The average Bonchev–Trinajstić information content (AvgIpc) is 3.66. The Balaban J connectivity index is 1.06. The minimum Gasteiger partial charge on any atom is -0.354 e. The fourth-order valence-electron chi connectivity index (χ4n) is 4.42. The molecule has 1 saturated heterocycles. The average molecular weight is 377 g/mol. The summed E-state index contributed by atoms with van der Waals surface area (Å²) in [5.41, 5.74) is 2.58. The van der Waals surface area contributed by atoms with Crippen molar-refractivity contribution in [3.8, 4) is 0 Å². The monoisotopic (exact) mass is 376 g/mol. The minimum absolute atomic E-state index is 0.204. The molecule has 0 spiro atoms. The molecule has 1 aromatic heterocycles. The largest absolute Gasteiger partial charge is 0.354 e. The molecule has 0 bridgehead atoms. The van der Waals surface area contributed by atoms with E-state index in [1.165, 1.54) is 24.0 Å². The molecular formula is C23H28N4O. The van der Waals surface area contributed by atoms with Crippen molar-refractivity contribution in [2.24, 2.45) is 11.8 Å². The third kappa shape index (κ3) is 3.89. The van der Waals surface area contributed by atoms with Gasteiger partial charge in [0.2, 0.25) is 11.9 Å². The van der Waals surface area contributed by atoms with Crippen molar-refractivity contribution in [3.63, 3.8) is 0 Å². The van der Waals surface area contributed by atoms with Gasteiger partial charge in [0.05, 0.1) is 0 Å². The molecule has 2 atom stereocenters. The van der Waals surface area contributed by atoms with Crippen molar-refractivity contribution in [1.82, 2.24) is 14.9 Å². The van der Waals surface area contributed by atoms with E-state index >= 15 is 0 Å². The van der Waals surface area contributed by atoms with Gasteiger partial charge in [0.15, 0.2) is 0 Å². The second-order valence-corrected chi connectivity index (χ2v) is 8.62. The van der Waals surface area contributed by atoms with Crippen LogP contribution in [0, 0.1) is 11.8 Å². The Hall–Kier alpha value is -2.43. The molecule has 2 aromatic rings. The summed E-state index contributed by atoms with van der Waals surface area (Å²) >= 11 is 0. The summed E-state index contributed by atoms with van der Waals surface area (Å²) in [6.07, 6.45) is 9.61. The van der Waals surface area contributed by atoms with E-state index in [-0.39, 0.29) is 5.92 Å². The summed E-state index contributed by atoms with van der Waals surface area (Å²) in [4.78, 5) is 23.8. The normalized spacial score (nSPS) is 24.8. The quantitative estimate of drug-likeness (QED) is 0.833. The predicted molar refractivity (Wildman–Crippen MR) is 109 cm³/mol. The molecule has 0 unspecified atom stereocenters. The number of carbonyl (C=O) groups is 1. The van der Waals surface area contributed by atoms with Gasteiger partial charge >= 0.3 is 0 Å².